The molecule has 0 aromatic carbocycles. The molecule has 0 aromatic rings. The van der Waals surface area contributed by atoms with Crippen molar-refractivity contribution in [3.8, 4) is 0 Å². The number of rotatable bonds is 3. The quantitative estimate of drug-likeness (QED) is 0.834. The molecule has 2 heterocycles. The highest BCUT2D eigenvalue weighted by Crippen LogP contribution is 2.29. The van der Waals surface area contributed by atoms with E-state index in [-0.39, 0.29) is 29.8 Å². The van der Waals surface area contributed by atoms with Crippen molar-refractivity contribution in [1.29, 1.82) is 0 Å². The van der Waals surface area contributed by atoms with E-state index in [0.29, 0.717) is 12.6 Å². The minimum atomic E-state index is -0.217. The maximum atomic E-state index is 12.0. The van der Waals surface area contributed by atoms with Crippen molar-refractivity contribution in [2.75, 3.05) is 19.7 Å². The Bertz CT molecular complexity index is 291. The van der Waals surface area contributed by atoms with E-state index in [0.717, 1.165) is 32.4 Å². The molecule has 0 saturated carbocycles. The molecular formula is C14H27ClN2O2. The van der Waals surface area contributed by atoms with Crippen LogP contribution >= 0.6 is 12.4 Å². The van der Waals surface area contributed by atoms with Gasteiger partial charge in [-0.05, 0) is 44.1 Å². The zero-order valence-corrected chi connectivity index (χ0v) is 12.9. The topological polar surface area (TPSA) is 50.4 Å². The zero-order chi connectivity index (χ0) is 13.0. The SMILES string of the molecule is CC1(C)CCCNC1CNC(=O)C1CCCCO1.Cl. The smallest absolute Gasteiger partial charge is 0.249 e. The minimum absolute atomic E-state index is 0. The van der Waals surface area contributed by atoms with Gasteiger partial charge in [-0.15, -0.1) is 12.4 Å². The third-order valence-corrected chi connectivity index (χ3v) is 4.28. The van der Waals surface area contributed by atoms with E-state index < -0.39 is 0 Å². The van der Waals surface area contributed by atoms with Gasteiger partial charge in [0.1, 0.15) is 6.10 Å². The second-order valence-corrected chi connectivity index (χ2v) is 6.20. The largest absolute Gasteiger partial charge is 0.368 e. The van der Waals surface area contributed by atoms with Gasteiger partial charge >= 0.3 is 0 Å². The summed E-state index contributed by atoms with van der Waals surface area (Å²) in [5.41, 5.74) is 0.263. The van der Waals surface area contributed by atoms with Crippen molar-refractivity contribution < 1.29 is 9.53 Å². The summed E-state index contributed by atoms with van der Waals surface area (Å²) >= 11 is 0. The van der Waals surface area contributed by atoms with Crippen LogP contribution in [0.25, 0.3) is 0 Å². The van der Waals surface area contributed by atoms with Crippen molar-refractivity contribution in [1.82, 2.24) is 10.6 Å². The van der Waals surface area contributed by atoms with Gasteiger partial charge in [0.05, 0.1) is 0 Å². The number of piperidine rings is 1. The Hall–Kier alpha value is -0.320. The molecule has 0 aliphatic carbocycles. The van der Waals surface area contributed by atoms with Gasteiger partial charge in [0.25, 0.3) is 0 Å². The van der Waals surface area contributed by atoms with E-state index in [1.54, 1.807) is 0 Å². The predicted molar refractivity (Wildman–Crippen MR) is 78.7 cm³/mol. The Morgan fingerprint density at radius 2 is 2.16 bits per heavy atom. The van der Waals surface area contributed by atoms with E-state index in [2.05, 4.69) is 24.5 Å². The van der Waals surface area contributed by atoms with Gasteiger partial charge in [-0.3, -0.25) is 4.79 Å². The van der Waals surface area contributed by atoms with Crippen LogP contribution in [0.4, 0.5) is 0 Å². The summed E-state index contributed by atoms with van der Waals surface area (Å²) in [4.78, 5) is 12.0. The normalized spacial score (nSPS) is 30.2. The molecule has 2 rings (SSSR count). The summed E-state index contributed by atoms with van der Waals surface area (Å²) in [5, 5.41) is 6.56. The van der Waals surface area contributed by atoms with Crippen LogP contribution in [-0.2, 0) is 9.53 Å². The van der Waals surface area contributed by atoms with E-state index >= 15 is 0 Å². The number of hydrogen-bond acceptors (Lipinski definition) is 3. The molecule has 4 nitrogen and oxygen atoms in total. The third-order valence-electron chi connectivity index (χ3n) is 4.28. The number of carbonyl (C=O) groups excluding carboxylic acids is 1. The molecule has 2 N–H and O–H groups in total. The van der Waals surface area contributed by atoms with Crippen molar-refractivity contribution in [2.24, 2.45) is 5.41 Å². The molecule has 0 aromatic heterocycles. The maximum Gasteiger partial charge on any atom is 0.249 e. The van der Waals surface area contributed by atoms with Crippen LogP contribution in [0.2, 0.25) is 0 Å². The second kappa shape index (κ2) is 7.46. The van der Waals surface area contributed by atoms with E-state index in [4.69, 9.17) is 4.74 Å². The first kappa shape index (κ1) is 16.7. The van der Waals surface area contributed by atoms with Crippen molar-refractivity contribution in [3.63, 3.8) is 0 Å². The van der Waals surface area contributed by atoms with Crippen LogP contribution in [-0.4, -0.2) is 37.7 Å². The van der Waals surface area contributed by atoms with Gasteiger partial charge in [0, 0.05) is 19.2 Å². The lowest BCUT2D eigenvalue weighted by molar-refractivity contribution is -0.135. The van der Waals surface area contributed by atoms with Crippen LogP contribution in [0.1, 0.15) is 46.0 Å². The molecule has 2 aliphatic rings. The van der Waals surface area contributed by atoms with Crippen molar-refractivity contribution >= 4 is 18.3 Å². The molecule has 2 unspecified atom stereocenters. The van der Waals surface area contributed by atoms with Gasteiger partial charge in [-0.1, -0.05) is 13.8 Å². The van der Waals surface area contributed by atoms with Gasteiger partial charge < -0.3 is 15.4 Å². The number of ether oxygens (including phenoxy) is 1. The van der Waals surface area contributed by atoms with E-state index in [9.17, 15) is 4.79 Å². The Morgan fingerprint density at radius 3 is 2.79 bits per heavy atom. The molecule has 0 spiro atoms. The third kappa shape index (κ3) is 4.62. The van der Waals surface area contributed by atoms with E-state index in [1.807, 2.05) is 0 Å². The predicted octanol–water partition coefficient (Wildman–Crippen LogP) is 1.87. The highest BCUT2D eigenvalue weighted by Gasteiger charge is 2.32. The van der Waals surface area contributed by atoms with Gasteiger partial charge in [0.15, 0.2) is 0 Å². The Morgan fingerprint density at radius 1 is 1.37 bits per heavy atom. The zero-order valence-electron chi connectivity index (χ0n) is 12.0. The fourth-order valence-electron chi connectivity index (χ4n) is 2.88. The molecule has 2 aliphatic heterocycles. The Kier molecular flexibility index (Phi) is 6.57. The first-order chi connectivity index (χ1) is 8.59. The molecule has 0 radical (unpaired) electrons. The summed E-state index contributed by atoms with van der Waals surface area (Å²) in [6, 6.07) is 0.374. The summed E-state index contributed by atoms with van der Waals surface area (Å²) in [6.07, 6.45) is 5.29. The van der Waals surface area contributed by atoms with Crippen molar-refractivity contribution in [3.05, 3.63) is 0 Å². The molecular weight excluding hydrogens is 264 g/mol. The highest BCUT2D eigenvalue weighted by molar-refractivity contribution is 5.85. The second-order valence-electron chi connectivity index (χ2n) is 6.20. The standard InChI is InChI=1S/C14H26N2O2.ClH/c1-14(2)7-5-8-15-12(14)10-16-13(17)11-6-3-4-9-18-11;/h11-12,15H,3-10H2,1-2H3,(H,16,17);1H. The lowest BCUT2D eigenvalue weighted by Crippen LogP contribution is -2.54. The minimum Gasteiger partial charge on any atom is -0.368 e. The molecule has 19 heavy (non-hydrogen) atoms. The van der Waals surface area contributed by atoms with Gasteiger partial charge in [-0.25, -0.2) is 0 Å². The fraction of sp³-hybridized carbons (Fsp3) is 0.929. The van der Waals surface area contributed by atoms with Gasteiger partial charge in [0.2, 0.25) is 5.91 Å². The fourth-order valence-corrected chi connectivity index (χ4v) is 2.88. The number of halogens is 1. The number of amides is 1. The van der Waals surface area contributed by atoms with Crippen LogP contribution < -0.4 is 10.6 Å². The number of hydrogen-bond donors (Lipinski definition) is 2. The highest BCUT2D eigenvalue weighted by atomic mass is 35.5. The molecule has 2 atom stereocenters. The molecule has 2 saturated heterocycles. The summed E-state index contributed by atoms with van der Waals surface area (Å²) < 4.78 is 5.50. The summed E-state index contributed by atoms with van der Waals surface area (Å²) in [6.45, 7) is 7.04. The molecule has 1 amide bonds. The molecule has 5 heteroatoms. The Balaban J connectivity index is 0.00000180. The first-order valence-corrected chi connectivity index (χ1v) is 7.22. The average molecular weight is 291 g/mol. The van der Waals surface area contributed by atoms with Gasteiger partial charge in [-0.2, -0.15) is 0 Å². The monoisotopic (exact) mass is 290 g/mol. The molecule has 2 fully saturated rings. The summed E-state index contributed by atoms with van der Waals surface area (Å²) in [7, 11) is 0. The molecule has 0 bridgehead atoms. The van der Waals surface area contributed by atoms with Crippen molar-refractivity contribution in [2.45, 2.75) is 58.1 Å². The van der Waals surface area contributed by atoms with Crippen LogP contribution in [0.15, 0.2) is 0 Å². The van der Waals surface area contributed by atoms with E-state index in [1.165, 1.54) is 12.8 Å². The lowest BCUT2D eigenvalue weighted by Gasteiger charge is -2.39. The molecule has 112 valence electrons. The maximum absolute atomic E-state index is 12.0. The number of nitrogens with one attached hydrogen (secondary N) is 2. The lowest BCUT2D eigenvalue weighted by atomic mass is 9.77. The van der Waals surface area contributed by atoms with Crippen LogP contribution in [0.3, 0.4) is 0 Å². The van der Waals surface area contributed by atoms with Crippen LogP contribution in [0, 0.1) is 5.41 Å². The average Bonchev–Trinajstić information content (AvgIpc) is 2.38. The first-order valence-electron chi connectivity index (χ1n) is 7.22. The summed E-state index contributed by atoms with van der Waals surface area (Å²) in [5.74, 6) is 0.0675. The Labute approximate surface area is 122 Å². The van der Waals surface area contributed by atoms with Crippen LogP contribution in [0.5, 0.6) is 0 Å². The number of carbonyl (C=O) groups is 1.